The summed E-state index contributed by atoms with van der Waals surface area (Å²) < 4.78 is 24.0. The van der Waals surface area contributed by atoms with Crippen molar-refractivity contribution in [3.8, 4) is 0 Å². The molecule has 0 atom stereocenters. The van der Waals surface area contributed by atoms with E-state index in [9.17, 15) is 4.79 Å². The van der Waals surface area contributed by atoms with Gasteiger partial charge in [-0.05, 0) is 0 Å². The minimum absolute atomic E-state index is 0. The predicted octanol–water partition coefficient (Wildman–Crippen LogP) is -4.71. The average Bonchev–Trinajstić information content (AvgIpc) is 1.68. The van der Waals surface area contributed by atoms with Gasteiger partial charge >= 0.3 is 37.9 Å². The summed E-state index contributed by atoms with van der Waals surface area (Å²) in [5.41, 5.74) is 0. The van der Waals surface area contributed by atoms with Crippen LogP contribution in [-0.2, 0) is 7.58 Å². The summed E-state index contributed by atoms with van der Waals surface area (Å²) in [6, 6.07) is 0. The van der Waals surface area contributed by atoms with Crippen LogP contribution in [0.5, 0.6) is 0 Å². The summed E-state index contributed by atoms with van der Waals surface area (Å²) in [5, 5.41) is 0. The number of hydrogen-bond acceptors (Lipinski definition) is 5. The molecule has 0 bridgehead atoms. The zero-order chi connectivity index (χ0) is 6.41. The molecule has 9 heteroatoms. The molecule has 0 aromatic heterocycles. The van der Waals surface area contributed by atoms with Crippen molar-refractivity contribution in [3.63, 3.8) is 0 Å². The second-order valence-electron chi connectivity index (χ2n) is 0.797. The lowest BCUT2D eigenvalue weighted by Crippen LogP contribution is -2.12. The normalized spacial score (nSPS) is 5.80. The quantitative estimate of drug-likeness (QED) is 0.448. The van der Waals surface area contributed by atoms with E-state index in [2.05, 4.69) is 7.58 Å². The highest BCUT2D eigenvalue weighted by molar-refractivity contribution is 6.24. The Morgan fingerprint density at radius 3 is 1.60 bits per heavy atom. The minimum atomic E-state index is -1.72. The van der Waals surface area contributed by atoms with Gasteiger partial charge < -0.3 is 15.9 Å². The maximum Gasteiger partial charge on any atom is 0.742 e. The second-order valence-corrected chi connectivity index (χ2v) is 1.89. The Hall–Kier alpha value is 1.32. The van der Waals surface area contributed by atoms with Crippen molar-refractivity contribution >= 4 is 72.7 Å². The topological polar surface area (TPSA) is 76.0 Å². The summed E-state index contributed by atoms with van der Waals surface area (Å²) in [4.78, 5) is 9.95. The molecule has 0 radical (unpaired) electrons. The molecule has 0 aromatic carbocycles. The molecule has 0 saturated heterocycles. The molecule has 0 fully saturated rings. The van der Waals surface area contributed by atoms with Crippen molar-refractivity contribution in [1.29, 1.82) is 0 Å². The van der Waals surface area contributed by atoms with Crippen molar-refractivity contribution < 1.29 is 20.7 Å². The van der Waals surface area contributed by atoms with Crippen LogP contribution in [-0.4, -0.2) is 81.0 Å². The van der Waals surface area contributed by atoms with Gasteiger partial charge in [-0.3, -0.25) is 0 Å². The number of hydrogen-bond donors (Lipinski definition) is 2. The molecule has 56 valence electrons. The predicted molar refractivity (Wildman–Crippen MR) is 46.2 cm³/mol. The number of rotatable bonds is 2. The SMILES string of the molecule is O=C([O][AlH][OH])[O][AlH][OH].[AlH3].[AlH3]. The van der Waals surface area contributed by atoms with Crippen LogP contribution in [0.25, 0.3) is 0 Å². The van der Waals surface area contributed by atoms with Crippen LogP contribution in [0, 0.1) is 0 Å². The Morgan fingerprint density at radius 2 is 1.40 bits per heavy atom. The zero-order valence-electron chi connectivity index (χ0n) is 4.03. The first kappa shape index (κ1) is 17.4. The molecule has 0 aromatic rings. The lowest BCUT2D eigenvalue weighted by atomic mass is 11.5. The summed E-state index contributed by atoms with van der Waals surface area (Å²) >= 11 is -3.43. The van der Waals surface area contributed by atoms with E-state index in [4.69, 9.17) is 8.32 Å². The van der Waals surface area contributed by atoms with Gasteiger partial charge in [0.15, 0.2) is 34.7 Å². The molecule has 0 rings (SSSR count). The fourth-order valence-electron chi connectivity index (χ4n) is 0.147. The lowest BCUT2D eigenvalue weighted by molar-refractivity contribution is 0.143. The molecular formula is CH10Al4O5. The van der Waals surface area contributed by atoms with Crippen LogP contribution in [0.1, 0.15) is 0 Å². The molecule has 10 heavy (non-hydrogen) atoms. The molecule has 0 aliphatic heterocycles. The summed E-state index contributed by atoms with van der Waals surface area (Å²) in [6.45, 7) is 0. The second kappa shape index (κ2) is 12.9. The molecule has 0 saturated carbocycles. The van der Waals surface area contributed by atoms with E-state index < -0.39 is 37.9 Å². The van der Waals surface area contributed by atoms with Crippen molar-refractivity contribution in [2.45, 2.75) is 0 Å². The van der Waals surface area contributed by atoms with E-state index in [1.54, 1.807) is 0 Å². The van der Waals surface area contributed by atoms with Gasteiger partial charge in [0, 0.05) is 0 Å². The highest BCUT2D eigenvalue weighted by Crippen LogP contribution is 1.76. The molecule has 2 N–H and O–H groups in total. The maximum absolute atomic E-state index is 9.95. The Morgan fingerprint density at radius 1 is 1.10 bits per heavy atom. The van der Waals surface area contributed by atoms with Gasteiger partial charge in [-0.1, -0.05) is 0 Å². The third-order valence-electron chi connectivity index (χ3n) is 0.365. The maximum atomic E-state index is 9.95. The molecule has 0 amide bonds. The molecule has 0 heterocycles. The molecule has 0 spiro atoms. The highest BCUT2D eigenvalue weighted by atomic mass is 27.2. The summed E-state index contributed by atoms with van der Waals surface area (Å²) in [6.07, 6.45) is -0.965. The van der Waals surface area contributed by atoms with Crippen LogP contribution in [0.4, 0.5) is 4.79 Å². The lowest BCUT2D eigenvalue weighted by Gasteiger charge is -1.98. The van der Waals surface area contributed by atoms with E-state index in [1.165, 1.54) is 0 Å². The standard InChI is InChI=1S/CH2O3.4Al.2H2O.8H/c2-1(3)4;;;;;;;;;;;;;;/h(H2,2,3,4);;;;;2*1H2;;;;;;;;/q;;;2*+2;;;;;;;;;;/p-4. The fourth-order valence-corrected chi connectivity index (χ4v) is 0.691. The summed E-state index contributed by atoms with van der Waals surface area (Å²) in [5.74, 6) is 0. The Bertz CT molecular complexity index is 68.0. The number of carbonyl (C=O) groups excluding carboxylic acids is 1. The minimum Gasteiger partial charge on any atom is -0.567 e. The molecule has 0 aliphatic rings. The Labute approximate surface area is 92.7 Å². The van der Waals surface area contributed by atoms with Crippen LogP contribution in [0.15, 0.2) is 0 Å². The average molecular weight is 210 g/mol. The first-order valence-electron chi connectivity index (χ1n) is 1.82. The monoisotopic (exact) mass is 210 g/mol. The zero-order valence-corrected chi connectivity index (χ0v) is 6.86. The van der Waals surface area contributed by atoms with Gasteiger partial charge in [-0.15, -0.1) is 0 Å². The van der Waals surface area contributed by atoms with Gasteiger partial charge in [0.2, 0.25) is 0 Å². The van der Waals surface area contributed by atoms with Gasteiger partial charge in [0.1, 0.15) is 0 Å². The van der Waals surface area contributed by atoms with Crippen LogP contribution >= 0.6 is 0 Å². The molecule has 0 aliphatic carbocycles. The van der Waals surface area contributed by atoms with E-state index in [1.807, 2.05) is 0 Å². The first-order valence-corrected chi connectivity index (χ1v) is 4.24. The molecular weight excluding hydrogens is 200 g/mol. The Kier molecular flexibility index (Phi) is 22.6. The third-order valence-corrected chi connectivity index (χ3v) is 1.09. The van der Waals surface area contributed by atoms with Gasteiger partial charge in [0.05, 0.1) is 0 Å². The van der Waals surface area contributed by atoms with E-state index in [-0.39, 0.29) is 34.7 Å². The van der Waals surface area contributed by atoms with Gasteiger partial charge in [0.25, 0.3) is 0 Å². The van der Waals surface area contributed by atoms with Crippen LogP contribution in [0.2, 0.25) is 0 Å². The van der Waals surface area contributed by atoms with E-state index in [0.717, 1.165) is 0 Å². The molecule has 5 nitrogen and oxygen atoms in total. The highest BCUT2D eigenvalue weighted by Gasteiger charge is 2.03. The van der Waals surface area contributed by atoms with Gasteiger partial charge in [-0.2, -0.15) is 0 Å². The van der Waals surface area contributed by atoms with Crippen LogP contribution < -0.4 is 0 Å². The Balaban J connectivity index is -0.000000245. The van der Waals surface area contributed by atoms with Crippen molar-refractivity contribution in [2.24, 2.45) is 0 Å². The summed E-state index contributed by atoms with van der Waals surface area (Å²) in [7, 11) is 0. The van der Waals surface area contributed by atoms with E-state index in [0.29, 0.717) is 0 Å². The fraction of sp³-hybridized carbons (Fsp3) is 0. The molecule has 0 unspecified atom stereocenters. The smallest absolute Gasteiger partial charge is 0.567 e. The number of carbonyl (C=O) groups is 1. The van der Waals surface area contributed by atoms with Crippen molar-refractivity contribution in [1.82, 2.24) is 0 Å². The van der Waals surface area contributed by atoms with Crippen molar-refractivity contribution in [3.05, 3.63) is 0 Å². The van der Waals surface area contributed by atoms with Crippen LogP contribution in [0.3, 0.4) is 0 Å². The first-order chi connectivity index (χ1) is 3.81. The largest absolute Gasteiger partial charge is 0.742 e. The van der Waals surface area contributed by atoms with E-state index >= 15 is 0 Å². The van der Waals surface area contributed by atoms with Crippen molar-refractivity contribution in [2.75, 3.05) is 0 Å². The third kappa shape index (κ3) is 12.0. The van der Waals surface area contributed by atoms with Gasteiger partial charge in [-0.25, -0.2) is 4.79 Å².